The van der Waals surface area contributed by atoms with Gasteiger partial charge in [-0.1, -0.05) is 13.8 Å². The number of hydrogen-bond acceptors (Lipinski definition) is 5. The fourth-order valence-corrected chi connectivity index (χ4v) is 1.73. The number of rotatable bonds is 7. The van der Waals surface area contributed by atoms with Gasteiger partial charge in [-0.05, 0) is 25.0 Å². The highest BCUT2D eigenvalue weighted by Gasteiger charge is 2.17. The van der Waals surface area contributed by atoms with Gasteiger partial charge >= 0.3 is 0 Å². The van der Waals surface area contributed by atoms with Crippen LogP contribution in [0.25, 0.3) is 0 Å². The molecule has 0 heterocycles. The summed E-state index contributed by atoms with van der Waals surface area (Å²) in [6.45, 7) is 7.17. The molecule has 1 rings (SSSR count). The SMILES string of the molecule is CCOCC(Nc1ccc(C#N)c([N+](=O)[O-])c1)C(C)C. The average Bonchev–Trinajstić information content (AvgIpc) is 2.42. The van der Waals surface area contributed by atoms with E-state index >= 15 is 0 Å². The largest absolute Gasteiger partial charge is 0.380 e. The maximum Gasteiger partial charge on any atom is 0.289 e. The summed E-state index contributed by atoms with van der Waals surface area (Å²) >= 11 is 0. The Morgan fingerprint density at radius 2 is 2.20 bits per heavy atom. The van der Waals surface area contributed by atoms with Crippen LogP contribution >= 0.6 is 0 Å². The van der Waals surface area contributed by atoms with E-state index in [0.29, 0.717) is 24.8 Å². The molecule has 0 fully saturated rings. The molecule has 1 atom stereocenters. The van der Waals surface area contributed by atoms with E-state index in [2.05, 4.69) is 19.2 Å². The van der Waals surface area contributed by atoms with Crippen molar-refractivity contribution < 1.29 is 9.66 Å². The molecule has 20 heavy (non-hydrogen) atoms. The summed E-state index contributed by atoms with van der Waals surface area (Å²) < 4.78 is 5.40. The maximum absolute atomic E-state index is 10.9. The van der Waals surface area contributed by atoms with Crippen LogP contribution in [0.5, 0.6) is 0 Å². The number of hydrogen-bond donors (Lipinski definition) is 1. The zero-order valence-electron chi connectivity index (χ0n) is 11.9. The van der Waals surface area contributed by atoms with Crippen molar-refractivity contribution in [2.45, 2.75) is 26.8 Å². The Morgan fingerprint density at radius 1 is 1.50 bits per heavy atom. The van der Waals surface area contributed by atoms with Gasteiger partial charge in [0.05, 0.1) is 17.6 Å². The van der Waals surface area contributed by atoms with Gasteiger partial charge in [-0.15, -0.1) is 0 Å². The molecule has 108 valence electrons. The first-order chi connectivity index (χ1) is 9.49. The Bertz CT molecular complexity index is 509. The van der Waals surface area contributed by atoms with E-state index < -0.39 is 4.92 Å². The monoisotopic (exact) mass is 277 g/mol. The second-order valence-electron chi connectivity index (χ2n) is 4.76. The van der Waals surface area contributed by atoms with Gasteiger partial charge in [-0.3, -0.25) is 10.1 Å². The third kappa shape index (κ3) is 4.21. The average molecular weight is 277 g/mol. The lowest BCUT2D eigenvalue weighted by Crippen LogP contribution is -2.30. The zero-order chi connectivity index (χ0) is 15.1. The molecule has 0 aliphatic carbocycles. The summed E-state index contributed by atoms with van der Waals surface area (Å²) in [6, 6.07) is 6.40. The van der Waals surface area contributed by atoms with Gasteiger partial charge in [-0.2, -0.15) is 5.26 Å². The molecule has 0 saturated heterocycles. The zero-order valence-corrected chi connectivity index (χ0v) is 11.9. The van der Waals surface area contributed by atoms with E-state index in [1.54, 1.807) is 6.07 Å². The summed E-state index contributed by atoms with van der Waals surface area (Å²) in [5.74, 6) is 0.316. The third-order valence-corrected chi connectivity index (χ3v) is 2.97. The summed E-state index contributed by atoms with van der Waals surface area (Å²) in [7, 11) is 0. The van der Waals surface area contributed by atoms with Gasteiger partial charge in [0.25, 0.3) is 5.69 Å². The van der Waals surface area contributed by atoms with E-state index in [9.17, 15) is 10.1 Å². The van der Waals surface area contributed by atoms with Gasteiger partial charge < -0.3 is 10.1 Å². The van der Waals surface area contributed by atoms with Crippen LogP contribution in [-0.2, 0) is 4.74 Å². The van der Waals surface area contributed by atoms with Crippen molar-refractivity contribution >= 4 is 11.4 Å². The topological polar surface area (TPSA) is 88.2 Å². The second kappa shape index (κ2) is 7.46. The van der Waals surface area contributed by atoms with E-state index in [4.69, 9.17) is 10.00 Å². The van der Waals surface area contributed by atoms with E-state index in [-0.39, 0.29) is 17.3 Å². The lowest BCUT2D eigenvalue weighted by Gasteiger charge is -2.23. The van der Waals surface area contributed by atoms with Gasteiger partial charge in [0.15, 0.2) is 0 Å². The van der Waals surface area contributed by atoms with Crippen LogP contribution in [0.2, 0.25) is 0 Å². The number of nitro benzene ring substituents is 1. The highest BCUT2D eigenvalue weighted by atomic mass is 16.6. The molecule has 0 amide bonds. The number of nitriles is 1. The van der Waals surface area contributed by atoms with Crippen molar-refractivity contribution in [2.24, 2.45) is 5.92 Å². The summed E-state index contributed by atoms with van der Waals surface area (Å²) in [5, 5.41) is 23.0. The van der Waals surface area contributed by atoms with Crippen molar-refractivity contribution in [3.05, 3.63) is 33.9 Å². The quantitative estimate of drug-likeness (QED) is 0.611. The lowest BCUT2D eigenvalue weighted by atomic mass is 10.0. The fraction of sp³-hybridized carbons (Fsp3) is 0.500. The van der Waals surface area contributed by atoms with Gasteiger partial charge in [0.2, 0.25) is 0 Å². The molecule has 0 aliphatic heterocycles. The van der Waals surface area contributed by atoms with Crippen LogP contribution in [0, 0.1) is 27.4 Å². The highest BCUT2D eigenvalue weighted by molar-refractivity contribution is 5.59. The minimum Gasteiger partial charge on any atom is -0.380 e. The van der Waals surface area contributed by atoms with Crippen molar-refractivity contribution in [3.8, 4) is 6.07 Å². The van der Waals surface area contributed by atoms with E-state index in [1.807, 2.05) is 13.0 Å². The van der Waals surface area contributed by atoms with Crippen LogP contribution in [0.15, 0.2) is 18.2 Å². The Kier molecular flexibility index (Phi) is 5.94. The normalized spacial score (nSPS) is 11.9. The molecule has 0 spiro atoms. The molecule has 1 aromatic carbocycles. The lowest BCUT2D eigenvalue weighted by molar-refractivity contribution is -0.385. The molecular weight excluding hydrogens is 258 g/mol. The molecule has 0 saturated carbocycles. The molecule has 1 aromatic rings. The van der Waals surface area contributed by atoms with Crippen LogP contribution < -0.4 is 5.32 Å². The van der Waals surface area contributed by atoms with Crippen molar-refractivity contribution in [3.63, 3.8) is 0 Å². The fourth-order valence-electron chi connectivity index (χ4n) is 1.73. The molecule has 0 radical (unpaired) electrons. The standard InChI is InChI=1S/C14H19N3O3/c1-4-20-9-13(10(2)3)16-12-6-5-11(8-15)14(7-12)17(18)19/h5-7,10,13,16H,4,9H2,1-3H3. The molecule has 0 aliphatic rings. The maximum atomic E-state index is 10.9. The summed E-state index contributed by atoms with van der Waals surface area (Å²) in [4.78, 5) is 10.4. The molecule has 0 bridgehead atoms. The Morgan fingerprint density at radius 3 is 2.70 bits per heavy atom. The second-order valence-corrected chi connectivity index (χ2v) is 4.76. The number of nitrogens with zero attached hydrogens (tertiary/aromatic N) is 2. The minimum absolute atomic E-state index is 0.0579. The van der Waals surface area contributed by atoms with Crippen molar-refractivity contribution in [1.82, 2.24) is 0 Å². The van der Waals surface area contributed by atoms with Crippen LogP contribution in [0.3, 0.4) is 0 Å². The molecule has 0 aromatic heterocycles. The number of benzene rings is 1. The summed E-state index contributed by atoms with van der Waals surface area (Å²) in [5.41, 5.74) is 0.497. The molecule has 6 nitrogen and oxygen atoms in total. The van der Waals surface area contributed by atoms with Crippen LogP contribution in [-0.4, -0.2) is 24.2 Å². The predicted octanol–water partition coefficient (Wildman–Crippen LogP) is 2.94. The first-order valence-corrected chi connectivity index (χ1v) is 6.52. The van der Waals surface area contributed by atoms with Gasteiger partial charge in [-0.25, -0.2) is 0 Å². The van der Waals surface area contributed by atoms with Crippen molar-refractivity contribution in [2.75, 3.05) is 18.5 Å². The van der Waals surface area contributed by atoms with Gasteiger partial charge in [0.1, 0.15) is 11.6 Å². The number of nitrogens with one attached hydrogen (secondary N) is 1. The number of anilines is 1. The molecular formula is C14H19N3O3. The van der Waals surface area contributed by atoms with E-state index in [1.165, 1.54) is 12.1 Å². The van der Waals surface area contributed by atoms with Gasteiger partial charge in [0, 0.05) is 18.4 Å². The number of nitro groups is 1. The Balaban J connectivity index is 2.93. The minimum atomic E-state index is -0.545. The Labute approximate surface area is 118 Å². The van der Waals surface area contributed by atoms with E-state index in [0.717, 1.165) is 0 Å². The predicted molar refractivity (Wildman–Crippen MR) is 76.6 cm³/mol. The molecule has 1 N–H and O–H groups in total. The van der Waals surface area contributed by atoms with Crippen LogP contribution in [0.1, 0.15) is 26.3 Å². The van der Waals surface area contributed by atoms with Crippen LogP contribution in [0.4, 0.5) is 11.4 Å². The molecule has 1 unspecified atom stereocenters. The smallest absolute Gasteiger partial charge is 0.289 e. The van der Waals surface area contributed by atoms with Crippen molar-refractivity contribution in [1.29, 1.82) is 5.26 Å². The first-order valence-electron chi connectivity index (χ1n) is 6.52. The Hall–Kier alpha value is -2.13. The molecule has 6 heteroatoms. The highest BCUT2D eigenvalue weighted by Crippen LogP contribution is 2.23. The third-order valence-electron chi connectivity index (χ3n) is 2.97. The number of ether oxygens (including phenoxy) is 1. The summed E-state index contributed by atoms with van der Waals surface area (Å²) in [6.07, 6.45) is 0. The first kappa shape index (κ1) is 15.9.